The molecule has 2 N–H and O–H groups in total. The molecule has 0 spiro atoms. The highest BCUT2D eigenvalue weighted by molar-refractivity contribution is 6.32. The quantitative estimate of drug-likeness (QED) is 0.883. The SMILES string of the molecule is COC1=CC(c2c(O)c3cc(C)c(Cl)cc3[nH]c2=O)=CCC1. The molecule has 0 bridgehead atoms. The molecule has 0 radical (unpaired) electrons. The number of methoxy groups -OCH3 is 1. The maximum Gasteiger partial charge on any atom is 0.260 e. The van der Waals surface area contributed by atoms with Gasteiger partial charge in [0.15, 0.2) is 0 Å². The molecule has 3 rings (SSSR count). The Hall–Kier alpha value is -2.20. The Morgan fingerprint density at radius 1 is 1.36 bits per heavy atom. The first-order valence-electron chi connectivity index (χ1n) is 7.01. The number of aryl methyl sites for hydroxylation is 1. The zero-order valence-corrected chi connectivity index (χ0v) is 13.1. The van der Waals surface area contributed by atoms with Gasteiger partial charge in [-0.15, -0.1) is 0 Å². The van der Waals surface area contributed by atoms with E-state index < -0.39 is 0 Å². The molecule has 0 atom stereocenters. The highest BCUT2D eigenvalue weighted by atomic mass is 35.5. The summed E-state index contributed by atoms with van der Waals surface area (Å²) in [4.78, 5) is 15.2. The molecule has 1 heterocycles. The Labute approximate surface area is 132 Å². The van der Waals surface area contributed by atoms with Crippen molar-refractivity contribution in [3.05, 3.63) is 56.5 Å². The average Bonchev–Trinajstić information content (AvgIpc) is 2.50. The first-order valence-corrected chi connectivity index (χ1v) is 7.39. The van der Waals surface area contributed by atoms with Crippen molar-refractivity contribution in [2.24, 2.45) is 0 Å². The van der Waals surface area contributed by atoms with Gasteiger partial charge in [-0.05, 0) is 42.7 Å². The van der Waals surface area contributed by atoms with Gasteiger partial charge in [-0.3, -0.25) is 4.79 Å². The number of H-pyrrole nitrogens is 1. The molecule has 1 aromatic carbocycles. The molecular formula is C17H16ClNO3. The molecule has 0 saturated heterocycles. The van der Waals surface area contributed by atoms with Crippen molar-refractivity contribution in [3.8, 4) is 5.75 Å². The smallest absolute Gasteiger partial charge is 0.260 e. The summed E-state index contributed by atoms with van der Waals surface area (Å²) in [5.74, 6) is 0.766. The summed E-state index contributed by atoms with van der Waals surface area (Å²) in [6.07, 6.45) is 5.29. The minimum Gasteiger partial charge on any atom is -0.506 e. The number of ether oxygens (including phenoxy) is 1. The monoisotopic (exact) mass is 317 g/mol. The Balaban J connectivity index is 2.27. The van der Waals surface area contributed by atoms with Crippen LogP contribution in [0.5, 0.6) is 5.75 Å². The number of nitrogens with one attached hydrogen (secondary N) is 1. The van der Waals surface area contributed by atoms with E-state index in [4.69, 9.17) is 16.3 Å². The lowest BCUT2D eigenvalue weighted by molar-refractivity contribution is 0.277. The molecule has 114 valence electrons. The van der Waals surface area contributed by atoms with Crippen LogP contribution in [0.25, 0.3) is 16.5 Å². The fourth-order valence-electron chi connectivity index (χ4n) is 2.69. The van der Waals surface area contributed by atoms with Gasteiger partial charge in [0, 0.05) is 16.8 Å². The predicted octanol–water partition coefficient (Wildman–Crippen LogP) is 3.90. The van der Waals surface area contributed by atoms with Crippen LogP contribution in [0, 0.1) is 6.92 Å². The molecule has 2 aromatic rings. The summed E-state index contributed by atoms with van der Waals surface area (Å²) in [7, 11) is 1.60. The molecular weight excluding hydrogens is 302 g/mol. The van der Waals surface area contributed by atoms with E-state index in [1.807, 2.05) is 13.0 Å². The largest absolute Gasteiger partial charge is 0.506 e. The van der Waals surface area contributed by atoms with Crippen LogP contribution in [-0.2, 0) is 4.74 Å². The molecule has 0 fully saturated rings. The minimum atomic E-state index is -0.343. The zero-order valence-electron chi connectivity index (χ0n) is 12.4. The molecule has 0 saturated carbocycles. The second-order valence-electron chi connectivity index (χ2n) is 5.34. The van der Waals surface area contributed by atoms with Crippen LogP contribution >= 0.6 is 11.6 Å². The highest BCUT2D eigenvalue weighted by Crippen LogP contribution is 2.34. The summed E-state index contributed by atoms with van der Waals surface area (Å²) < 4.78 is 5.25. The number of hydrogen-bond acceptors (Lipinski definition) is 3. The summed E-state index contributed by atoms with van der Waals surface area (Å²) >= 11 is 6.08. The molecule has 0 aliphatic heterocycles. The van der Waals surface area contributed by atoms with Crippen LogP contribution in [0.3, 0.4) is 0 Å². The topological polar surface area (TPSA) is 62.3 Å². The van der Waals surface area contributed by atoms with Crippen LogP contribution in [0.1, 0.15) is 24.0 Å². The number of pyridine rings is 1. The second kappa shape index (κ2) is 5.54. The van der Waals surface area contributed by atoms with Crippen LogP contribution in [0.4, 0.5) is 0 Å². The van der Waals surface area contributed by atoms with Gasteiger partial charge in [-0.2, -0.15) is 0 Å². The molecule has 1 aromatic heterocycles. The number of hydrogen-bond donors (Lipinski definition) is 2. The third-order valence-corrected chi connectivity index (χ3v) is 4.30. The standard InChI is InChI=1S/C17H16ClNO3/c1-9-6-12-14(8-13(9)18)19-17(21)15(16(12)20)10-4-3-5-11(7-10)22-2/h4,6-8H,3,5H2,1-2H3,(H2,19,20,21). The maximum absolute atomic E-state index is 12.4. The fourth-order valence-corrected chi connectivity index (χ4v) is 2.85. The zero-order chi connectivity index (χ0) is 15.9. The Morgan fingerprint density at radius 3 is 2.86 bits per heavy atom. The predicted molar refractivity (Wildman–Crippen MR) is 88.3 cm³/mol. The summed E-state index contributed by atoms with van der Waals surface area (Å²) in [6.45, 7) is 1.86. The van der Waals surface area contributed by atoms with E-state index >= 15 is 0 Å². The Bertz CT molecular complexity index is 878. The maximum atomic E-state index is 12.4. The number of halogens is 1. The number of fused-ring (bicyclic) bond motifs is 1. The number of allylic oxidation sites excluding steroid dienone is 4. The summed E-state index contributed by atoms with van der Waals surface area (Å²) in [5, 5.41) is 11.7. The third kappa shape index (κ3) is 2.40. The van der Waals surface area contributed by atoms with Crippen molar-refractivity contribution in [1.82, 2.24) is 4.98 Å². The number of aromatic hydroxyl groups is 1. The van der Waals surface area contributed by atoms with E-state index in [0.29, 0.717) is 21.5 Å². The molecule has 1 aliphatic carbocycles. The molecule has 22 heavy (non-hydrogen) atoms. The lowest BCUT2D eigenvalue weighted by Gasteiger charge is -2.14. The van der Waals surface area contributed by atoms with Crippen LogP contribution in [0.15, 0.2) is 34.8 Å². The van der Waals surface area contributed by atoms with Crippen LogP contribution < -0.4 is 5.56 Å². The number of rotatable bonds is 2. The van der Waals surface area contributed by atoms with E-state index in [2.05, 4.69) is 4.98 Å². The molecule has 5 heteroatoms. The van der Waals surface area contributed by atoms with Crippen molar-refractivity contribution in [2.45, 2.75) is 19.8 Å². The first-order chi connectivity index (χ1) is 10.5. The highest BCUT2D eigenvalue weighted by Gasteiger charge is 2.18. The second-order valence-corrected chi connectivity index (χ2v) is 5.74. The fraction of sp³-hybridized carbons (Fsp3) is 0.235. The lowest BCUT2D eigenvalue weighted by atomic mass is 9.97. The third-order valence-electron chi connectivity index (χ3n) is 3.89. The first kappa shape index (κ1) is 14.7. The van der Waals surface area contributed by atoms with Crippen molar-refractivity contribution in [2.75, 3.05) is 7.11 Å². The van der Waals surface area contributed by atoms with Crippen molar-refractivity contribution in [3.63, 3.8) is 0 Å². The number of benzene rings is 1. The van der Waals surface area contributed by atoms with Crippen molar-refractivity contribution < 1.29 is 9.84 Å². The van der Waals surface area contributed by atoms with E-state index in [0.717, 1.165) is 24.2 Å². The van der Waals surface area contributed by atoms with Gasteiger partial charge in [-0.1, -0.05) is 17.7 Å². The molecule has 4 nitrogen and oxygen atoms in total. The molecule has 1 aliphatic rings. The lowest BCUT2D eigenvalue weighted by Crippen LogP contribution is -2.13. The van der Waals surface area contributed by atoms with Crippen LogP contribution in [-0.4, -0.2) is 17.2 Å². The van der Waals surface area contributed by atoms with Gasteiger partial charge >= 0.3 is 0 Å². The normalized spacial score (nSPS) is 14.7. The number of aromatic nitrogens is 1. The van der Waals surface area contributed by atoms with Gasteiger partial charge in [0.1, 0.15) is 5.75 Å². The van der Waals surface area contributed by atoms with Crippen molar-refractivity contribution in [1.29, 1.82) is 0 Å². The molecule has 0 unspecified atom stereocenters. The molecule has 0 amide bonds. The van der Waals surface area contributed by atoms with Gasteiger partial charge in [0.05, 0.1) is 23.9 Å². The minimum absolute atomic E-state index is 0.0293. The van der Waals surface area contributed by atoms with E-state index in [1.54, 1.807) is 25.3 Å². The van der Waals surface area contributed by atoms with Gasteiger partial charge in [0.2, 0.25) is 0 Å². The average molecular weight is 318 g/mol. The van der Waals surface area contributed by atoms with Gasteiger partial charge in [0.25, 0.3) is 5.56 Å². The Kier molecular flexibility index (Phi) is 3.71. The van der Waals surface area contributed by atoms with Crippen molar-refractivity contribution >= 4 is 28.1 Å². The van der Waals surface area contributed by atoms with Gasteiger partial charge in [-0.25, -0.2) is 0 Å². The summed E-state index contributed by atoms with van der Waals surface area (Å²) in [6, 6.07) is 3.43. The van der Waals surface area contributed by atoms with Crippen LogP contribution in [0.2, 0.25) is 5.02 Å². The van der Waals surface area contributed by atoms with E-state index in [9.17, 15) is 9.90 Å². The van der Waals surface area contributed by atoms with Gasteiger partial charge < -0.3 is 14.8 Å². The summed E-state index contributed by atoms with van der Waals surface area (Å²) in [5.41, 5.74) is 1.96. The number of aromatic amines is 1. The van der Waals surface area contributed by atoms with E-state index in [-0.39, 0.29) is 16.9 Å². The van der Waals surface area contributed by atoms with E-state index in [1.165, 1.54) is 0 Å². The Morgan fingerprint density at radius 2 is 2.14 bits per heavy atom.